The minimum absolute atomic E-state index is 0.0789. The Morgan fingerprint density at radius 3 is 2.00 bits per heavy atom. The molecule has 0 amide bonds. The molecule has 2 saturated carbocycles. The highest BCUT2D eigenvalue weighted by atomic mass is 32.1. The van der Waals surface area contributed by atoms with Crippen molar-refractivity contribution in [1.29, 1.82) is 0 Å². The van der Waals surface area contributed by atoms with Crippen molar-refractivity contribution < 1.29 is 33.3 Å². The molecular formula is C33H37NO8S. The Morgan fingerprint density at radius 1 is 0.791 bits per heavy atom. The van der Waals surface area contributed by atoms with Crippen molar-refractivity contribution in [1.82, 2.24) is 4.98 Å². The Morgan fingerprint density at radius 2 is 1.37 bits per heavy atom. The Bertz CT molecular complexity index is 1520. The minimum Gasteiger partial charge on any atom is -0.490 e. The summed E-state index contributed by atoms with van der Waals surface area (Å²) in [6.45, 7) is 4.31. The van der Waals surface area contributed by atoms with Crippen LogP contribution in [0.25, 0.3) is 20.7 Å². The number of fused-ring (bicyclic) bond motifs is 1. The largest absolute Gasteiger partial charge is 0.490 e. The van der Waals surface area contributed by atoms with E-state index in [1.165, 1.54) is 11.3 Å². The molecule has 0 spiro atoms. The third-order valence-corrected chi connectivity index (χ3v) is 9.28. The van der Waals surface area contributed by atoms with Gasteiger partial charge in [-0.1, -0.05) is 12.1 Å². The molecule has 0 N–H and O–H groups in total. The average molecular weight is 608 g/mol. The van der Waals surface area contributed by atoms with E-state index in [2.05, 4.69) is 4.98 Å². The molecule has 2 fully saturated rings. The lowest BCUT2D eigenvalue weighted by molar-refractivity contribution is -0.151. The average Bonchev–Trinajstić information content (AvgIpc) is 3.02. The van der Waals surface area contributed by atoms with Gasteiger partial charge in [-0.2, -0.15) is 4.98 Å². The predicted octanol–water partition coefficient (Wildman–Crippen LogP) is 6.10. The first-order valence-corrected chi connectivity index (χ1v) is 15.9. The molecule has 2 aromatic carbocycles. The van der Waals surface area contributed by atoms with Crippen molar-refractivity contribution in [3.8, 4) is 22.1 Å². The van der Waals surface area contributed by atoms with Gasteiger partial charge >= 0.3 is 17.9 Å². The number of hydrogen-bond acceptors (Lipinski definition) is 10. The molecule has 228 valence electrons. The molecule has 10 heteroatoms. The standard InChI is InChI=1S/C33H37NO8S/c1-3-39-31(36)20-9-11-22(12-10-20)33(38)42-27-18-17-24(41-23-15-13-21(14-16-23)32(37)40-4-2)19-26(27)30-34-29(35)25-7-5-6-8-28(25)43-30/h5-8,17-23H,3-4,9-16H2,1-2H3. The van der Waals surface area contributed by atoms with Crippen molar-refractivity contribution in [2.45, 2.75) is 71.3 Å². The monoisotopic (exact) mass is 607 g/mol. The Kier molecular flexibility index (Phi) is 10.1. The maximum atomic E-state index is 13.3. The van der Waals surface area contributed by atoms with Crippen LogP contribution in [0, 0.1) is 17.8 Å². The molecule has 0 atom stereocenters. The van der Waals surface area contributed by atoms with Gasteiger partial charge in [0.15, 0.2) is 0 Å². The van der Waals surface area contributed by atoms with Crippen LogP contribution in [0.3, 0.4) is 0 Å². The fraction of sp³-hybridized carbons (Fsp3) is 0.485. The van der Waals surface area contributed by atoms with Gasteiger partial charge in [-0.15, -0.1) is 11.3 Å². The van der Waals surface area contributed by atoms with Crippen molar-refractivity contribution >= 4 is 39.3 Å². The highest BCUT2D eigenvalue weighted by Crippen LogP contribution is 2.39. The molecule has 0 radical (unpaired) electrons. The summed E-state index contributed by atoms with van der Waals surface area (Å²) >= 11 is 1.34. The lowest BCUT2D eigenvalue weighted by Gasteiger charge is -2.28. The van der Waals surface area contributed by atoms with Gasteiger partial charge in [-0.25, -0.2) is 0 Å². The molecule has 9 nitrogen and oxygen atoms in total. The highest BCUT2D eigenvalue weighted by molar-refractivity contribution is 7.21. The Hall–Kier alpha value is -3.79. The summed E-state index contributed by atoms with van der Waals surface area (Å²) < 4.78 is 23.4. The van der Waals surface area contributed by atoms with Gasteiger partial charge < -0.3 is 18.9 Å². The van der Waals surface area contributed by atoms with Crippen LogP contribution in [-0.4, -0.2) is 42.2 Å². The maximum absolute atomic E-state index is 13.3. The predicted molar refractivity (Wildman–Crippen MR) is 162 cm³/mol. The number of carbonyl (C=O) groups is 3. The first kappa shape index (κ1) is 30.7. The summed E-state index contributed by atoms with van der Waals surface area (Å²) in [5, 5.41) is 0.952. The van der Waals surface area contributed by atoms with Crippen LogP contribution in [-0.2, 0) is 23.9 Å². The van der Waals surface area contributed by atoms with Crippen molar-refractivity contribution in [2.75, 3.05) is 13.2 Å². The van der Waals surface area contributed by atoms with E-state index < -0.39 is 0 Å². The summed E-state index contributed by atoms with van der Waals surface area (Å²) in [4.78, 5) is 54.8. The molecule has 2 aliphatic carbocycles. The van der Waals surface area contributed by atoms with Crippen LogP contribution in [0.2, 0.25) is 0 Å². The SMILES string of the molecule is CCOC(=O)C1CCC(Oc2ccc(OC(=O)C3CCC(C(=O)OCC)CC3)c(-c3nc(=O)c4ccccc4s3)c2)CC1. The second kappa shape index (κ2) is 14.1. The number of nitrogens with zero attached hydrogens (tertiary/aromatic N) is 1. The van der Waals surface area contributed by atoms with Crippen LogP contribution < -0.4 is 15.0 Å². The molecule has 0 bridgehead atoms. The Balaban J connectivity index is 1.36. The molecule has 3 aromatic rings. The Labute approximate surface area is 254 Å². The molecule has 0 saturated heterocycles. The summed E-state index contributed by atoms with van der Waals surface area (Å²) in [6.07, 6.45) is 4.96. The second-order valence-electron chi connectivity index (χ2n) is 11.0. The molecule has 2 aliphatic rings. The van der Waals surface area contributed by atoms with E-state index in [1.807, 2.05) is 19.1 Å². The minimum atomic E-state index is -0.373. The van der Waals surface area contributed by atoms with Gasteiger partial charge in [0.25, 0.3) is 5.56 Å². The van der Waals surface area contributed by atoms with Crippen LogP contribution in [0.5, 0.6) is 11.5 Å². The second-order valence-corrected chi connectivity index (χ2v) is 12.1. The zero-order valence-electron chi connectivity index (χ0n) is 24.5. The molecule has 5 rings (SSSR count). The number of ether oxygens (including phenoxy) is 4. The zero-order chi connectivity index (χ0) is 30.3. The van der Waals surface area contributed by atoms with E-state index in [0.717, 1.165) is 4.70 Å². The quantitative estimate of drug-likeness (QED) is 0.210. The third-order valence-electron chi connectivity index (χ3n) is 8.20. The number of benzene rings is 2. The molecule has 0 unspecified atom stereocenters. The number of hydrogen-bond donors (Lipinski definition) is 0. The summed E-state index contributed by atoms with van der Waals surface area (Å²) in [5.74, 6) is -0.505. The van der Waals surface area contributed by atoms with Crippen molar-refractivity contribution in [2.24, 2.45) is 17.8 Å². The summed E-state index contributed by atoms with van der Waals surface area (Å²) in [5.41, 5.74) is 0.140. The first-order valence-electron chi connectivity index (χ1n) is 15.1. The van der Waals surface area contributed by atoms with Crippen LogP contribution in [0.4, 0.5) is 0 Å². The van der Waals surface area contributed by atoms with Gasteiger partial charge in [-0.3, -0.25) is 19.2 Å². The van der Waals surface area contributed by atoms with E-state index in [-0.39, 0.29) is 47.3 Å². The van der Waals surface area contributed by atoms with Gasteiger partial charge in [0, 0.05) is 4.70 Å². The van der Waals surface area contributed by atoms with Gasteiger partial charge in [0.1, 0.15) is 16.5 Å². The summed E-state index contributed by atoms with van der Waals surface area (Å²) in [6, 6.07) is 12.5. The highest BCUT2D eigenvalue weighted by Gasteiger charge is 2.33. The van der Waals surface area contributed by atoms with Gasteiger partial charge in [-0.05, 0) is 95.5 Å². The normalized spacial score (nSPS) is 22.0. The lowest BCUT2D eigenvalue weighted by atomic mass is 9.82. The van der Waals surface area contributed by atoms with Crippen molar-refractivity contribution in [3.63, 3.8) is 0 Å². The third kappa shape index (κ3) is 7.41. The molecule has 0 aliphatic heterocycles. The van der Waals surface area contributed by atoms with Crippen LogP contribution >= 0.6 is 11.3 Å². The van der Waals surface area contributed by atoms with Crippen LogP contribution in [0.15, 0.2) is 47.3 Å². The zero-order valence-corrected chi connectivity index (χ0v) is 25.4. The number of rotatable bonds is 9. The molecule has 43 heavy (non-hydrogen) atoms. The van der Waals surface area contributed by atoms with Crippen molar-refractivity contribution in [3.05, 3.63) is 52.8 Å². The molecule has 1 heterocycles. The smallest absolute Gasteiger partial charge is 0.314 e. The van der Waals surface area contributed by atoms with E-state index in [4.69, 9.17) is 18.9 Å². The lowest BCUT2D eigenvalue weighted by Crippen LogP contribution is -2.29. The van der Waals surface area contributed by atoms with E-state index in [0.29, 0.717) is 92.0 Å². The number of aromatic nitrogens is 1. The van der Waals surface area contributed by atoms with Crippen LogP contribution in [0.1, 0.15) is 65.2 Å². The van der Waals surface area contributed by atoms with Gasteiger partial charge in [0.05, 0.1) is 48.0 Å². The van der Waals surface area contributed by atoms with E-state index in [9.17, 15) is 19.2 Å². The fourth-order valence-electron chi connectivity index (χ4n) is 5.85. The van der Waals surface area contributed by atoms with Gasteiger partial charge in [0.2, 0.25) is 0 Å². The fourth-order valence-corrected chi connectivity index (χ4v) is 6.87. The first-order chi connectivity index (χ1) is 20.9. The summed E-state index contributed by atoms with van der Waals surface area (Å²) in [7, 11) is 0. The van der Waals surface area contributed by atoms with E-state index in [1.54, 1.807) is 37.3 Å². The topological polar surface area (TPSA) is 118 Å². The van der Waals surface area contributed by atoms with E-state index >= 15 is 0 Å². The molecular weight excluding hydrogens is 570 g/mol. The number of carbonyl (C=O) groups excluding carboxylic acids is 3. The number of esters is 3. The molecule has 1 aromatic heterocycles. The maximum Gasteiger partial charge on any atom is 0.314 e.